The van der Waals surface area contributed by atoms with E-state index >= 15 is 0 Å². The second-order valence-corrected chi connectivity index (χ2v) is 10.8. The second-order valence-electron chi connectivity index (χ2n) is 8.68. The second kappa shape index (κ2) is 11.9. The number of nitrogens with zero attached hydrogens (tertiary/aromatic N) is 2. The van der Waals surface area contributed by atoms with E-state index in [9.17, 15) is 17.6 Å². The molecule has 4 rings (SSSR count). The Kier molecular flexibility index (Phi) is 8.68. The number of amides is 1. The van der Waals surface area contributed by atoms with Crippen LogP contribution in [0.25, 0.3) is 0 Å². The third-order valence-electron chi connectivity index (χ3n) is 6.17. The molecule has 1 unspecified atom stereocenters. The van der Waals surface area contributed by atoms with Crippen molar-refractivity contribution in [1.82, 2.24) is 9.62 Å². The number of ether oxygens (including phenoxy) is 1. The maximum absolute atomic E-state index is 13.6. The summed E-state index contributed by atoms with van der Waals surface area (Å²) < 4.78 is 47.9. The lowest BCUT2D eigenvalue weighted by Gasteiger charge is -2.37. The zero-order valence-corrected chi connectivity index (χ0v) is 22.0. The summed E-state index contributed by atoms with van der Waals surface area (Å²) in [6, 6.07) is 18.7. The predicted octanol–water partition coefficient (Wildman–Crippen LogP) is 4.12. The molecule has 0 aromatic heterocycles. The fraction of sp³-hybridized carbons (Fsp3) is 0.296. The third-order valence-corrected chi connectivity index (χ3v) is 7.94. The van der Waals surface area contributed by atoms with Gasteiger partial charge in [0.25, 0.3) is 0 Å². The van der Waals surface area contributed by atoms with E-state index in [1.165, 1.54) is 30.3 Å². The van der Waals surface area contributed by atoms with Gasteiger partial charge in [0.15, 0.2) is 0 Å². The number of carbonyl (C=O) groups is 1. The summed E-state index contributed by atoms with van der Waals surface area (Å²) >= 11 is 6.22. The molecule has 0 spiro atoms. The highest BCUT2D eigenvalue weighted by atomic mass is 35.5. The Balaban J connectivity index is 1.51. The van der Waals surface area contributed by atoms with E-state index in [4.69, 9.17) is 16.3 Å². The van der Waals surface area contributed by atoms with Crippen LogP contribution in [0, 0.1) is 5.82 Å². The molecule has 3 aromatic rings. The molecule has 10 heteroatoms. The monoisotopic (exact) mass is 545 g/mol. The molecular formula is C27H29ClFN3O4S. The van der Waals surface area contributed by atoms with Gasteiger partial charge in [-0.15, -0.1) is 0 Å². The number of sulfonamides is 1. The van der Waals surface area contributed by atoms with Crippen molar-refractivity contribution in [2.75, 3.05) is 37.7 Å². The lowest BCUT2D eigenvalue weighted by atomic mass is 10.1. The van der Waals surface area contributed by atoms with Crippen LogP contribution < -0.4 is 14.4 Å². The summed E-state index contributed by atoms with van der Waals surface area (Å²) in [5.74, 6) is -0.218. The Labute approximate surface area is 221 Å². The van der Waals surface area contributed by atoms with Crippen LogP contribution in [0.5, 0.6) is 5.75 Å². The molecule has 1 aliphatic heterocycles. The first-order valence-electron chi connectivity index (χ1n) is 12.0. The maximum Gasteiger partial charge on any atom is 0.241 e. The quantitative estimate of drug-likeness (QED) is 0.438. The van der Waals surface area contributed by atoms with Crippen LogP contribution in [0.15, 0.2) is 77.7 Å². The SMILES string of the molecule is CCOc1ccc(S(=O)(=O)NC(Cc2ccccc2)C(=O)N2CCN(c3ccc(F)cc3)CC2)cc1Cl. The summed E-state index contributed by atoms with van der Waals surface area (Å²) in [6.45, 7) is 4.14. The van der Waals surface area contributed by atoms with Crippen molar-refractivity contribution in [3.63, 3.8) is 0 Å². The molecule has 1 N–H and O–H groups in total. The molecule has 0 bridgehead atoms. The summed E-state index contributed by atoms with van der Waals surface area (Å²) in [4.78, 5) is 17.3. The van der Waals surface area contributed by atoms with Crippen molar-refractivity contribution in [3.05, 3.63) is 89.2 Å². The smallest absolute Gasteiger partial charge is 0.241 e. The predicted molar refractivity (Wildman–Crippen MR) is 142 cm³/mol. The zero-order chi connectivity index (χ0) is 26.4. The highest BCUT2D eigenvalue weighted by Crippen LogP contribution is 2.27. The van der Waals surface area contributed by atoms with Gasteiger partial charge < -0.3 is 14.5 Å². The first kappa shape index (κ1) is 26.9. The molecule has 1 atom stereocenters. The molecule has 1 aliphatic rings. The van der Waals surface area contributed by atoms with Gasteiger partial charge >= 0.3 is 0 Å². The van der Waals surface area contributed by atoms with Crippen molar-refractivity contribution in [2.24, 2.45) is 0 Å². The van der Waals surface area contributed by atoms with E-state index in [0.29, 0.717) is 38.5 Å². The van der Waals surface area contributed by atoms with Gasteiger partial charge in [0.2, 0.25) is 15.9 Å². The fourth-order valence-corrected chi connectivity index (χ4v) is 5.78. The van der Waals surface area contributed by atoms with Gasteiger partial charge in [-0.2, -0.15) is 4.72 Å². The molecular weight excluding hydrogens is 517 g/mol. The number of piperazine rings is 1. The topological polar surface area (TPSA) is 78.9 Å². The highest BCUT2D eigenvalue weighted by Gasteiger charge is 2.31. The van der Waals surface area contributed by atoms with Crippen LogP contribution in [0.1, 0.15) is 12.5 Å². The molecule has 7 nitrogen and oxygen atoms in total. The van der Waals surface area contributed by atoms with Gasteiger partial charge in [-0.1, -0.05) is 41.9 Å². The van der Waals surface area contributed by atoms with Crippen LogP contribution in [0.3, 0.4) is 0 Å². The number of hydrogen-bond acceptors (Lipinski definition) is 5. The van der Waals surface area contributed by atoms with Gasteiger partial charge in [0, 0.05) is 31.9 Å². The van der Waals surface area contributed by atoms with Gasteiger partial charge in [-0.3, -0.25) is 4.79 Å². The number of halogens is 2. The maximum atomic E-state index is 13.6. The fourth-order valence-electron chi connectivity index (χ4n) is 4.26. The van der Waals surface area contributed by atoms with E-state index in [-0.39, 0.29) is 28.1 Å². The molecule has 37 heavy (non-hydrogen) atoms. The van der Waals surface area contributed by atoms with Crippen LogP contribution in [-0.2, 0) is 21.2 Å². The third kappa shape index (κ3) is 6.80. The van der Waals surface area contributed by atoms with Gasteiger partial charge in [0.1, 0.15) is 17.6 Å². The van der Waals surface area contributed by atoms with E-state index in [2.05, 4.69) is 9.62 Å². The first-order chi connectivity index (χ1) is 17.8. The van der Waals surface area contributed by atoms with Crippen LogP contribution >= 0.6 is 11.6 Å². The van der Waals surface area contributed by atoms with Crippen LogP contribution in [0.4, 0.5) is 10.1 Å². The molecule has 0 aliphatic carbocycles. The minimum absolute atomic E-state index is 0.0482. The minimum atomic E-state index is -4.06. The minimum Gasteiger partial charge on any atom is -0.492 e. The Morgan fingerprint density at radius 3 is 2.32 bits per heavy atom. The number of nitrogens with one attached hydrogen (secondary N) is 1. The number of carbonyl (C=O) groups excluding carboxylic acids is 1. The largest absolute Gasteiger partial charge is 0.492 e. The van der Waals surface area contributed by atoms with E-state index < -0.39 is 16.1 Å². The van der Waals surface area contributed by atoms with Crippen LogP contribution in [0.2, 0.25) is 5.02 Å². The van der Waals surface area contributed by atoms with Crippen molar-refractivity contribution >= 4 is 33.2 Å². The van der Waals surface area contributed by atoms with Crippen molar-refractivity contribution < 1.29 is 22.3 Å². The molecule has 0 saturated carbocycles. The number of benzene rings is 3. The highest BCUT2D eigenvalue weighted by molar-refractivity contribution is 7.89. The molecule has 1 saturated heterocycles. The van der Waals surface area contributed by atoms with Crippen molar-refractivity contribution in [2.45, 2.75) is 24.3 Å². The van der Waals surface area contributed by atoms with Gasteiger partial charge in [-0.25, -0.2) is 12.8 Å². The molecule has 196 valence electrons. The average molecular weight is 546 g/mol. The summed E-state index contributed by atoms with van der Waals surface area (Å²) in [6.07, 6.45) is 0.196. The normalized spacial score (nSPS) is 14.9. The molecule has 3 aromatic carbocycles. The first-order valence-corrected chi connectivity index (χ1v) is 13.9. The number of hydrogen-bond donors (Lipinski definition) is 1. The molecule has 1 heterocycles. The zero-order valence-electron chi connectivity index (χ0n) is 20.4. The molecule has 1 fully saturated rings. The summed E-state index contributed by atoms with van der Waals surface area (Å²) in [5, 5.41) is 0.174. The van der Waals surface area contributed by atoms with Crippen molar-refractivity contribution in [1.29, 1.82) is 0 Å². The van der Waals surface area contributed by atoms with E-state index in [0.717, 1.165) is 11.3 Å². The lowest BCUT2D eigenvalue weighted by molar-refractivity contribution is -0.133. The van der Waals surface area contributed by atoms with E-state index in [1.807, 2.05) is 37.3 Å². The number of rotatable bonds is 9. The number of anilines is 1. The Hall–Kier alpha value is -3.14. The molecule has 1 amide bonds. The average Bonchev–Trinajstić information content (AvgIpc) is 2.90. The Morgan fingerprint density at radius 1 is 1.03 bits per heavy atom. The van der Waals surface area contributed by atoms with Crippen molar-refractivity contribution in [3.8, 4) is 5.75 Å². The lowest BCUT2D eigenvalue weighted by Crippen LogP contribution is -2.55. The molecule has 0 radical (unpaired) electrons. The summed E-state index contributed by atoms with van der Waals surface area (Å²) in [5.41, 5.74) is 1.71. The standard InChI is InChI=1S/C27H29ClFN3O4S/c1-2-36-26-13-12-23(19-24(26)28)37(34,35)30-25(18-20-6-4-3-5-7-20)27(33)32-16-14-31(15-17-32)22-10-8-21(29)9-11-22/h3-13,19,25,30H,2,14-18H2,1H3. The van der Waals surface area contributed by atoms with Gasteiger partial charge in [0.05, 0.1) is 16.5 Å². The van der Waals surface area contributed by atoms with Crippen LogP contribution in [-0.4, -0.2) is 58.1 Å². The Bertz CT molecular complexity index is 1320. The van der Waals surface area contributed by atoms with E-state index in [1.54, 1.807) is 17.0 Å². The Morgan fingerprint density at radius 2 is 1.70 bits per heavy atom. The van der Waals surface area contributed by atoms with Gasteiger partial charge in [-0.05, 0) is 61.4 Å². The summed E-state index contributed by atoms with van der Waals surface area (Å²) in [7, 11) is -4.06.